The molecule has 7 nitrogen and oxygen atoms in total. The zero-order chi connectivity index (χ0) is 14.9. The molecule has 1 amide bonds. The topological polar surface area (TPSA) is 68.0 Å². The highest BCUT2D eigenvalue weighted by Crippen LogP contribution is 2.21. The van der Waals surface area contributed by atoms with Gasteiger partial charge >= 0.3 is 0 Å². The average molecular weight is 300 g/mol. The number of hydrogen-bond acceptors (Lipinski definition) is 4. The van der Waals surface area contributed by atoms with Crippen LogP contribution < -0.4 is 5.32 Å². The zero-order valence-electron chi connectivity index (χ0n) is 12.5. The third-order valence-electron chi connectivity index (χ3n) is 4.48. The van der Waals surface area contributed by atoms with E-state index >= 15 is 0 Å². The summed E-state index contributed by atoms with van der Waals surface area (Å²) >= 11 is 0. The highest BCUT2D eigenvalue weighted by molar-refractivity contribution is 5.92. The molecule has 1 N–H and O–H groups in total. The fourth-order valence-electron chi connectivity index (χ4n) is 3.36. The van der Waals surface area contributed by atoms with Gasteiger partial charge in [0, 0.05) is 32.0 Å². The van der Waals surface area contributed by atoms with Gasteiger partial charge in [0.05, 0.1) is 24.8 Å². The Kier molecular flexibility index (Phi) is 3.42. The molecule has 0 aliphatic carbocycles. The highest BCUT2D eigenvalue weighted by Gasteiger charge is 2.31. The second kappa shape index (κ2) is 5.57. The Bertz CT molecular complexity index is 638. The molecule has 1 saturated heterocycles. The predicted octanol–water partition coefficient (Wildman–Crippen LogP) is 0.488. The second-order valence-electron chi connectivity index (χ2n) is 5.94. The molecule has 7 heteroatoms. The monoisotopic (exact) mass is 300 g/mol. The number of nitrogens with zero attached hydrogens (tertiary/aromatic N) is 5. The van der Waals surface area contributed by atoms with Gasteiger partial charge in [0.15, 0.2) is 5.69 Å². The summed E-state index contributed by atoms with van der Waals surface area (Å²) in [4.78, 5) is 14.8. The van der Waals surface area contributed by atoms with Crippen molar-refractivity contribution in [2.45, 2.75) is 38.5 Å². The van der Waals surface area contributed by atoms with Crippen molar-refractivity contribution in [1.82, 2.24) is 29.8 Å². The second-order valence-corrected chi connectivity index (χ2v) is 5.94. The summed E-state index contributed by atoms with van der Waals surface area (Å²) in [6.45, 7) is 4.10. The van der Waals surface area contributed by atoms with Gasteiger partial charge in [-0.3, -0.25) is 14.2 Å². The van der Waals surface area contributed by atoms with Crippen molar-refractivity contribution < 1.29 is 4.79 Å². The first-order valence-electron chi connectivity index (χ1n) is 7.87. The SMILES string of the molecule is O=C(c1cc2n(n1)CCNC2)N1CCC[C@@H]1Cn1cccn1. The van der Waals surface area contributed by atoms with Crippen LogP contribution in [0.15, 0.2) is 24.5 Å². The summed E-state index contributed by atoms with van der Waals surface area (Å²) < 4.78 is 3.85. The fourth-order valence-corrected chi connectivity index (χ4v) is 3.36. The lowest BCUT2D eigenvalue weighted by Crippen LogP contribution is -2.38. The molecule has 2 aliphatic rings. The van der Waals surface area contributed by atoms with Crippen LogP contribution in [0.4, 0.5) is 0 Å². The number of carbonyl (C=O) groups is 1. The van der Waals surface area contributed by atoms with Crippen LogP contribution in [-0.4, -0.2) is 49.5 Å². The van der Waals surface area contributed by atoms with Crippen molar-refractivity contribution in [3.8, 4) is 0 Å². The Hall–Kier alpha value is -2.15. The maximum absolute atomic E-state index is 12.8. The van der Waals surface area contributed by atoms with Gasteiger partial charge in [-0.25, -0.2) is 0 Å². The molecule has 0 unspecified atom stereocenters. The quantitative estimate of drug-likeness (QED) is 0.895. The number of nitrogens with one attached hydrogen (secondary N) is 1. The Morgan fingerprint density at radius 1 is 1.41 bits per heavy atom. The van der Waals surface area contributed by atoms with Gasteiger partial charge in [-0.05, 0) is 25.0 Å². The summed E-state index contributed by atoms with van der Waals surface area (Å²) in [5, 5.41) is 12.0. The molecule has 116 valence electrons. The first-order valence-corrected chi connectivity index (χ1v) is 7.87. The summed E-state index contributed by atoms with van der Waals surface area (Å²) in [5.41, 5.74) is 1.67. The van der Waals surface area contributed by atoms with E-state index in [4.69, 9.17) is 0 Å². The molecule has 22 heavy (non-hydrogen) atoms. The van der Waals surface area contributed by atoms with Gasteiger partial charge < -0.3 is 10.2 Å². The number of carbonyl (C=O) groups excluding carboxylic acids is 1. The van der Waals surface area contributed by atoms with Crippen LogP contribution in [0.1, 0.15) is 29.0 Å². The lowest BCUT2D eigenvalue weighted by Gasteiger charge is -2.23. The van der Waals surface area contributed by atoms with Crippen molar-refractivity contribution in [3.63, 3.8) is 0 Å². The molecule has 4 rings (SSSR count). The predicted molar refractivity (Wildman–Crippen MR) is 80.2 cm³/mol. The molecule has 2 aliphatic heterocycles. The van der Waals surface area contributed by atoms with Crippen LogP contribution in [0.5, 0.6) is 0 Å². The normalized spacial score (nSPS) is 21.1. The number of aromatic nitrogens is 4. The van der Waals surface area contributed by atoms with E-state index in [1.165, 1.54) is 0 Å². The van der Waals surface area contributed by atoms with Crippen molar-refractivity contribution in [3.05, 3.63) is 35.9 Å². The van der Waals surface area contributed by atoms with E-state index in [2.05, 4.69) is 15.5 Å². The standard InChI is InChI=1S/C15H20N6O/c22-15(14-9-13-10-16-5-8-21(13)18-14)20-7-1-3-12(20)11-19-6-2-4-17-19/h2,4,6,9,12,16H,1,3,5,7-8,10-11H2/t12-/m1/s1. The van der Waals surface area contributed by atoms with E-state index in [-0.39, 0.29) is 11.9 Å². The third-order valence-corrected chi connectivity index (χ3v) is 4.48. The molecule has 2 aromatic heterocycles. The van der Waals surface area contributed by atoms with E-state index in [9.17, 15) is 4.79 Å². The Labute approximate surface area is 128 Å². The molecular weight excluding hydrogens is 280 g/mol. The smallest absolute Gasteiger partial charge is 0.274 e. The Balaban J connectivity index is 1.52. The number of rotatable bonds is 3. The van der Waals surface area contributed by atoms with E-state index in [0.29, 0.717) is 5.69 Å². The zero-order valence-corrected chi connectivity index (χ0v) is 12.5. The van der Waals surface area contributed by atoms with Gasteiger partial charge in [0.25, 0.3) is 5.91 Å². The van der Waals surface area contributed by atoms with E-state index in [1.807, 2.05) is 32.6 Å². The Morgan fingerprint density at radius 3 is 3.18 bits per heavy atom. The van der Waals surface area contributed by atoms with E-state index < -0.39 is 0 Å². The molecule has 0 aromatic carbocycles. The van der Waals surface area contributed by atoms with Crippen molar-refractivity contribution in [2.24, 2.45) is 0 Å². The molecule has 0 spiro atoms. The van der Waals surface area contributed by atoms with Crippen LogP contribution >= 0.6 is 0 Å². The highest BCUT2D eigenvalue weighted by atomic mass is 16.2. The average Bonchev–Trinajstić information content (AvgIpc) is 3.27. The van der Waals surface area contributed by atoms with Gasteiger partial charge in [0.1, 0.15) is 0 Å². The number of amides is 1. The summed E-state index contributed by atoms with van der Waals surface area (Å²) in [6.07, 6.45) is 5.80. The molecule has 4 heterocycles. The van der Waals surface area contributed by atoms with Crippen LogP contribution in [0.25, 0.3) is 0 Å². The minimum absolute atomic E-state index is 0.0524. The maximum atomic E-state index is 12.8. The Morgan fingerprint density at radius 2 is 2.36 bits per heavy atom. The first kappa shape index (κ1) is 13.5. The lowest BCUT2D eigenvalue weighted by atomic mass is 10.2. The molecular formula is C15H20N6O. The number of likely N-dealkylation sites (tertiary alicyclic amines) is 1. The number of hydrogen-bond donors (Lipinski definition) is 1. The molecule has 2 aromatic rings. The minimum atomic E-state index is 0.0524. The summed E-state index contributed by atoms with van der Waals surface area (Å²) in [6, 6.07) is 4.05. The molecule has 0 bridgehead atoms. The van der Waals surface area contributed by atoms with Crippen molar-refractivity contribution >= 4 is 5.91 Å². The molecule has 1 atom stereocenters. The van der Waals surface area contributed by atoms with Crippen molar-refractivity contribution in [1.29, 1.82) is 0 Å². The number of fused-ring (bicyclic) bond motifs is 1. The lowest BCUT2D eigenvalue weighted by molar-refractivity contribution is 0.0714. The fraction of sp³-hybridized carbons (Fsp3) is 0.533. The van der Waals surface area contributed by atoms with Crippen LogP contribution in [-0.2, 0) is 19.6 Å². The van der Waals surface area contributed by atoms with Crippen LogP contribution in [0.2, 0.25) is 0 Å². The third kappa shape index (κ3) is 2.41. The van der Waals surface area contributed by atoms with Crippen LogP contribution in [0.3, 0.4) is 0 Å². The summed E-state index contributed by atoms with van der Waals surface area (Å²) in [5.74, 6) is 0.0524. The molecule has 0 radical (unpaired) electrons. The largest absolute Gasteiger partial charge is 0.332 e. The van der Waals surface area contributed by atoms with Gasteiger partial charge in [-0.1, -0.05) is 0 Å². The van der Waals surface area contributed by atoms with Gasteiger partial charge in [-0.15, -0.1) is 0 Å². The van der Waals surface area contributed by atoms with Gasteiger partial charge in [0.2, 0.25) is 0 Å². The maximum Gasteiger partial charge on any atom is 0.274 e. The molecule has 0 saturated carbocycles. The van der Waals surface area contributed by atoms with E-state index in [1.54, 1.807) is 6.20 Å². The van der Waals surface area contributed by atoms with Crippen molar-refractivity contribution in [2.75, 3.05) is 13.1 Å². The first-order chi connectivity index (χ1) is 10.8. The molecule has 1 fully saturated rings. The van der Waals surface area contributed by atoms with Crippen LogP contribution in [0, 0.1) is 0 Å². The summed E-state index contributed by atoms with van der Waals surface area (Å²) in [7, 11) is 0. The van der Waals surface area contributed by atoms with E-state index in [0.717, 1.165) is 51.3 Å². The minimum Gasteiger partial charge on any atom is -0.332 e. The van der Waals surface area contributed by atoms with Gasteiger partial charge in [-0.2, -0.15) is 10.2 Å².